The fraction of sp³-hybridized carbons (Fsp3) is 0.385. The molecule has 4 nitrogen and oxygen atoms in total. The molecule has 0 bridgehead atoms. The highest BCUT2D eigenvalue weighted by Gasteiger charge is 2.10. The summed E-state index contributed by atoms with van der Waals surface area (Å²) < 4.78 is 0. The Labute approximate surface area is 111 Å². The summed E-state index contributed by atoms with van der Waals surface area (Å²) in [5.74, 6) is 4.23. The highest BCUT2D eigenvalue weighted by atomic mass is 32.2. The molecule has 0 atom stereocenters. The Morgan fingerprint density at radius 3 is 3.00 bits per heavy atom. The molecule has 1 aromatic carbocycles. The smallest absolute Gasteiger partial charge is 0.272 e. The Kier molecular flexibility index (Phi) is 6.26. The molecule has 0 unspecified atom stereocenters. The monoisotopic (exact) mass is 264 g/mol. The third kappa shape index (κ3) is 4.78. The van der Waals surface area contributed by atoms with Crippen LogP contribution in [-0.4, -0.2) is 23.0 Å². The van der Waals surface area contributed by atoms with Crippen LogP contribution >= 0.6 is 11.8 Å². The zero-order valence-electron chi connectivity index (χ0n) is 10.3. The van der Waals surface area contributed by atoms with E-state index in [9.17, 15) is 10.1 Å². The number of aryl methyl sites for hydroxylation is 1. The summed E-state index contributed by atoms with van der Waals surface area (Å²) in [6.07, 6.45) is 5.14. The average molecular weight is 264 g/mol. The summed E-state index contributed by atoms with van der Waals surface area (Å²) in [7, 11) is 0. The lowest BCUT2D eigenvalue weighted by Gasteiger charge is -2.05. The molecular weight excluding hydrogens is 248 g/mol. The molecule has 0 aliphatic carbocycles. The van der Waals surface area contributed by atoms with Crippen molar-refractivity contribution in [3.63, 3.8) is 0 Å². The maximum absolute atomic E-state index is 10.8. The third-order valence-electron chi connectivity index (χ3n) is 2.41. The number of rotatable bonds is 7. The average Bonchev–Trinajstić information content (AvgIpc) is 2.35. The van der Waals surface area contributed by atoms with Crippen molar-refractivity contribution in [2.24, 2.45) is 0 Å². The van der Waals surface area contributed by atoms with Crippen LogP contribution in [-0.2, 0) is 6.54 Å². The molecule has 0 saturated carbocycles. The Bertz CT molecular complexity index is 455. The van der Waals surface area contributed by atoms with Gasteiger partial charge >= 0.3 is 0 Å². The minimum absolute atomic E-state index is 0.177. The Balaban J connectivity index is 2.41. The van der Waals surface area contributed by atoms with Gasteiger partial charge in [0.25, 0.3) is 5.69 Å². The molecule has 0 aromatic heterocycles. The summed E-state index contributed by atoms with van der Waals surface area (Å²) in [5.41, 5.74) is 1.79. The van der Waals surface area contributed by atoms with Crippen LogP contribution in [0.2, 0.25) is 0 Å². The minimum atomic E-state index is -0.346. The van der Waals surface area contributed by atoms with Gasteiger partial charge in [0.1, 0.15) is 0 Å². The van der Waals surface area contributed by atoms with Crippen molar-refractivity contribution in [3.05, 3.63) is 39.4 Å². The fourth-order valence-electron chi connectivity index (χ4n) is 1.47. The van der Waals surface area contributed by atoms with E-state index in [-0.39, 0.29) is 10.6 Å². The number of nitrogens with zero attached hydrogens (tertiary/aromatic N) is 1. The predicted molar refractivity (Wildman–Crippen MR) is 75.7 cm³/mol. The van der Waals surface area contributed by atoms with Crippen LogP contribution < -0.4 is 5.32 Å². The quantitative estimate of drug-likeness (QED) is 0.355. The summed E-state index contributed by atoms with van der Waals surface area (Å²) in [5, 5.41) is 14.0. The molecular formula is C13H16N2O2S. The van der Waals surface area contributed by atoms with E-state index in [1.807, 2.05) is 6.07 Å². The van der Waals surface area contributed by atoms with Crippen LogP contribution in [0.1, 0.15) is 11.1 Å². The van der Waals surface area contributed by atoms with E-state index >= 15 is 0 Å². The molecule has 0 spiro atoms. The molecule has 5 heteroatoms. The Morgan fingerprint density at radius 2 is 2.33 bits per heavy atom. The predicted octanol–water partition coefficient (Wildman–Crippen LogP) is 2.36. The van der Waals surface area contributed by atoms with Gasteiger partial charge in [-0.25, -0.2) is 0 Å². The lowest BCUT2D eigenvalue weighted by Crippen LogP contribution is -2.16. The van der Waals surface area contributed by atoms with Gasteiger partial charge in [0.2, 0.25) is 0 Å². The fourth-order valence-corrected chi connectivity index (χ4v) is 2.02. The molecule has 0 aliphatic heterocycles. The van der Waals surface area contributed by atoms with E-state index < -0.39 is 0 Å². The number of nitro benzene ring substituents is 1. The van der Waals surface area contributed by atoms with Gasteiger partial charge in [-0.2, -0.15) is 0 Å². The highest BCUT2D eigenvalue weighted by molar-refractivity contribution is 7.99. The molecule has 96 valence electrons. The summed E-state index contributed by atoms with van der Waals surface area (Å²) in [4.78, 5) is 10.4. The van der Waals surface area contributed by atoms with E-state index in [0.717, 1.165) is 23.6 Å². The first-order valence-corrected chi connectivity index (χ1v) is 6.76. The van der Waals surface area contributed by atoms with Crippen LogP contribution in [0, 0.1) is 29.4 Å². The number of hydrogen-bond donors (Lipinski definition) is 1. The van der Waals surface area contributed by atoms with Crippen LogP contribution in [0.3, 0.4) is 0 Å². The van der Waals surface area contributed by atoms with E-state index in [4.69, 9.17) is 6.42 Å². The Hall–Kier alpha value is -1.51. The first kappa shape index (κ1) is 14.6. The summed E-state index contributed by atoms with van der Waals surface area (Å²) >= 11 is 1.69. The maximum atomic E-state index is 10.8. The topological polar surface area (TPSA) is 55.2 Å². The normalized spacial score (nSPS) is 10.0. The van der Waals surface area contributed by atoms with Gasteiger partial charge in [-0.15, -0.1) is 18.2 Å². The third-order valence-corrected chi connectivity index (χ3v) is 3.27. The van der Waals surface area contributed by atoms with Crippen LogP contribution in [0.5, 0.6) is 0 Å². The molecule has 0 fully saturated rings. The molecule has 0 amide bonds. The van der Waals surface area contributed by atoms with E-state index in [0.29, 0.717) is 12.1 Å². The van der Waals surface area contributed by atoms with Crippen molar-refractivity contribution in [2.45, 2.75) is 13.5 Å². The number of benzene rings is 1. The number of hydrogen-bond acceptors (Lipinski definition) is 4. The first-order valence-electron chi connectivity index (χ1n) is 5.61. The van der Waals surface area contributed by atoms with Crippen molar-refractivity contribution in [3.8, 4) is 12.3 Å². The zero-order valence-corrected chi connectivity index (χ0v) is 11.1. The number of nitrogens with one attached hydrogen (secondary N) is 1. The van der Waals surface area contributed by atoms with Crippen molar-refractivity contribution in [1.82, 2.24) is 5.32 Å². The number of thioether (sulfide) groups is 1. The number of nitro groups is 1. The van der Waals surface area contributed by atoms with E-state index in [1.54, 1.807) is 30.8 Å². The molecule has 0 radical (unpaired) electrons. The summed E-state index contributed by atoms with van der Waals surface area (Å²) in [6, 6.07) is 5.31. The Morgan fingerprint density at radius 1 is 1.56 bits per heavy atom. The highest BCUT2D eigenvalue weighted by Crippen LogP contribution is 2.18. The van der Waals surface area contributed by atoms with Gasteiger partial charge < -0.3 is 5.32 Å². The van der Waals surface area contributed by atoms with Crippen LogP contribution in [0.15, 0.2) is 18.2 Å². The SMILES string of the molecule is C#CCSCCNCc1ccc(C)c([N+](=O)[O-])c1. The lowest BCUT2D eigenvalue weighted by molar-refractivity contribution is -0.385. The standard InChI is InChI=1S/C13H16N2O2S/c1-3-7-18-8-6-14-10-12-5-4-11(2)13(9-12)15(16)17/h1,4-5,9,14H,6-8,10H2,2H3. The van der Waals surface area contributed by atoms with E-state index in [2.05, 4.69) is 11.2 Å². The summed E-state index contributed by atoms with van der Waals surface area (Å²) in [6.45, 7) is 3.22. The van der Waals surface area contributed by atoms with Crippen LogP contribution in [0.4, 0.5) is 5.69 Å². The zero-order chi connectivity index (χ0) is 13.4. The molecule has 0 aliphatic rings. The lowest BCUT2D eigenvalue weighted by atomic mass is 10.1. The first-order chi connectivity index (χ1) is 8.65. The molecule has 18 heavy (non-hydrogen) atoms. The number of terminal acetylenes is 1. The van der Waals surface area contributed by atoms with Gasteiger partial charge in [-0.3, -0.25) is 10.1 Å². The second-order valence-electron chi connectivity index (χ2n) is 3.81. The van der Waals surface area contributed by atoms with Crippen LogP contribution in [0.25, 0.3) is 0 Å². The maximum Gasteiger partial charge on any atom is 0.272 e. The van der Waals surface area contributed by atoms with Crippen molar-refractivity contribution in [2.75, 3.05) is 18.1 Å². The van der Waals surface area contributed by atoms with Crippen molar-refractivity contribution >= 4 is 17.4 Å². The largest absolute Gasteiger partial charge is 0.312 e. The minimum Gasteiger partial charge on any atom is -0.312 e. The molecule has 0 saturated heterocycles. The van der Waals surface area contributed by atoms with Gasteiger partial charge in [-0.1, -0.05) is 18.1 Å². The van der Waals surface area contributed by atoms with Gasteiger partial charge in [-0.05, 0) is 12.5 Å². The van der Waals surface area contributed by atoms with Gasteiger partial charge in [0, 0.05) is 30.5 Å². The second kappa shape index (κ2) is 7.75. The van der Waals surface area contributed by atoms with E-state index in [1.165, 1.54) is 0 Å². The van der Waals surface area contributed by atoms with Gasteiger partial charge in [0.05, 0.1) is 10.7 Å². The van der Waals surface area contributed by atoms with Crippen molar-refractivity contribution in [1.29, 1.82) is 0 Å². The molecule has 1 rings (SSSR count). The van der Waals surface area contributed by atoms with Crippen molar-refractivity contribution < 1.29 is 4.92 Å². The molecule has 0 heterocycles. The molecule has 1 aromatic rings. The molecule has 1 N–H and O–H groups in total. The van der Waals surface area contributed by atoms with Gasteiger partial charge in [0.15, 0.2) is 0 Å². The second-order valence-corrected chi connectivity index (χ2v) is 4.92.